The van der Waals surface area contributed by atoms with Gasteiger partial charge in [-0.05, 0) is 31.4 Å². The van der Waals surface area contributed by atoms with Crippen molar-refractivity contribution in [1.29, 1.82) is 0 Å². The van der Waals surface area contributed by atoms with Crippen LogP contribution >= 0.6 is 23.2 Å². The number of anilines is 1. The highest BCUT2D eigenvalue weighted by atomic mass is 35.5. The lowest BCUT2D eigenvalue weighted by molar-refractivity contribution is 0.0606. The summed E-state index contributed by atoms with van der Waals surface area (Å²) in [5.41, 5.74) is 1.88. The fraction of sp³-hybridized carbons (Fsp3) is 0.615. The van der Waals surface area contributed by atoms with Crippen molar-refractivity contribution in [1.82, 2.24) is 4.98 Å². The Morgan fingerprint density at radius 3 is 2.72 bits per heavy atom. The zero-order chi connectivity index (χ0) is 13.1. The van der Waals surface area contributed by atoms with Gasteiger partial charge in [-0.2, -0.15) is 0 Å². The molecule has 1 aliphatic carbocycles. The second kappa shape index (κ2) is 6.09. The van der Waals surface area contributed by atoms with Crippen LogP contribution in [0.4, 0.5) is 5.69 Å². The molecule has 0 aromatic carbocycles. The largest absolute Gasteiger partial charge is 0.379 e. The summed E-state index contributed by atoms with van der Waals surface area (Å²) in [4.78, 5) is 4.08. The summed E-state index contributed by atoms with van der Waals surface area (Å²) in [6.07, 6.45) is 4.87. The maximum absolute atomic E-state index is 6.15. The number of hydrogen-bond acceptors (Lipinski definition) is 3. The molecule has 1 aromatic rings. The van der Waals surface area contributed by atoms with E-state index in [0.29, 0.717) is 16.3 Å². The SMILES string of the molecule is COC1CCCCC1Nc1c(C)cc(Cl)nc1Cl. The molecule has 1 N–H and O–H groups in total. The smallest absolute Gasteiger partial charge is 0.154 e. The number of halogens is 2. The van der Waals surface area contributed by atoms with Gasteiger partial charge in [-0.15, -0.1) is 0 Å². The predicted molar refractivity (Wildman–Crippen MR) is 75.7 cm³/mol. The molecule has 1 heterocycles. The first kappa shape index (κ1) is 13.9. The third-order valence-electron chi connectivity index (χ3n) is 3.48. The van der Waals surface area contributed by atoms with Crippen molar-refractivity contribution in [3.63, 3.8) is 0 Å². The lowest BCUT2D eigenvalue weighted by atomic mass is 9.92. The van der Waals surface area contributed by atoms with Gasteiger partial charge in [0.1, 0.15) is 5.15 Å². The minimum Gasteiger partial charge on any atom is -0.379 e. The Bertz CT molecular complexity index is 402. The van der Waals surface area contributed by atoms with Crippen molar-refractivity contribution in [2.45, 2.75) is 44.8 Å². The normalized spacial score (nSPS) is 24.0. The number of nitrogens with zero attached hydrogens (tertiary/aromatic N) is 1. The van der Waals surface area contributed by atoms with Gasteiger partial charge in [0.15, 0.2) is 5.15 Å². The molecule has 0 bridgehead atoms. The standard InChI is InChI=1S/C13H18Cl2N2O/c1-8-7-11(14)17-13(15)12(8)16-9-5-3-4-6-10(9)18-2/h7,9-10,16H,3-6H2,1-2H3. The molecule has 3 nitrogen and oxygen atoms in total. The van der Waals surface area contributed by atoms with E-state index in [1.54, 1.807) is 7.11 Å². The second-order valence-electron chi connectivity index (χ2n) is 4.74. The van der Waals surface area contributed by atoms with E-state index in [0.717, 1.165) is 24.1 Å². The molecular formula is C13H18Cl2N2O. The number of pyridine rings is 1. The summed E-state index contributed by atoms with van der Waals surface area (Å²) in [5, 5.41) is 4.32. The van der Waals surface area contributed by atoms with E-state index in [4.69, 9.17) is 27.9 Å². The van der Waals surface area contributed by atoms with Crippen LogP contribution in [0.25, 0.3) is 0 Å². The van der Waals surface area contributed by atoms with E-state index >= 15 is 0 Å². The average molecular weight is 289 g/mol. The Kier molecular flexibility index (Phi) is 4.71. The molecule has 2 rings (SSSR count). The van der Waals surface area contributed by atoms with Crippen LogP contribution in [0.2, 0.25) is 10.3 Å². The van der Waals surface area contributed by atoms with Gasteiger partial charge in [0.2, 0.25) is 0 Å². The Morgan fingerprint density at radius 2 is 2.06 bits per heavy atom. The topological polar surface area (TPSA) is 34.1 Å². The molecular weight excluding hydrogens is 271 g/mol. The van der Waals surface area contributed by atoms with E-state index < -0.39 is 0 Å². The number of aryl methyl sites for hydroxylation is 1. The van der Waals surface area contributed by atoms with Gasteiger partial charge < -0.3 is 10.1 Å². The fourth-order valence-electron chi connectivity index (χ4n) is 2.50. The van der Waals surface area contributed by atoms with Crippen LogP contribution < -0.4 is 5.32 Å². The lowest BCUT2D eigenvalue weighted by Gasteiger charge is -2.32. The van der Waals surface area contributed by atoms with E-state index in [-0.39, 0.29) is 6.10 Å². The van der Waals surface area contributed by atoms with Gasteiger partial charge in [-0.25, -0.2) is 4.98 Å². The van der Waals surface area contributed by atoms with Gasteiger partial charge in [-0.1, -0.05) is 36.0 Å². The van der Waals surface area contributed by atoms with Crippen molar-refractivity contribution in [3.8, 4) is 0 Å². The summed E-state index contributed by atoms with van der Waals surface area (Å²) >= 11 is 12.0. The molecule has 18 heavy (non-hydrogen) atoms. The van der Waals surface area contributed by atoms with Gasteiger partial charge in [0.25, 0.3) is 0 Å². The number of nitrogens with one attached hydrogen (secondary N) is 1. The first-order valence-electron chi connectivity index (χ1n) is 6.23. The highest BCUT2D eigenvalue weighted by molar-refractivity contribution is 6.34. The van der Waals surface area contributed by atoms with Crippen LogP contribution in [0.5, 0.6) is 0 Å². The van der Waals surface area contributed by atoms with Crippen LogP contribution in [0, 0.1) is 6.92 Å². The molecule has 2 atom stereocenters. The maximum atomic E-state index is 6.15. The minimum absolute atomic E-state index is 0.241. The Hall–Kier alpha value is -0.510. The summed E-state index contributed by atoms with van der Waals surface area (Å²) in [6.45, 7) is 1.98. The van der Waals surface area contributed by atoms with Gasteiger partial charge in [0.05, 0.1) is 17.8 Å². The molecule has 0 saturated heterocycles. The molecule has 0 amide bonds. The zero-order valence-corrected chi connectivity index (χ0v) is 12.2. The molecule has 0 aliphatic heterocycles. The molecule has 1 aliphatic rings. The monoisotopic (exact) mass is 288 g/mol. The molecule has 1 aromatic heterocycles. The van der Waals surface area contributed by atoms with E-state index in [9.17, 15) is 0 Å². The first-order valence-corrected chi connectivity index (χ1v) is 6.99. The highest BCUT2D eigenvalue weighted by Crippen LogP contribution is 2.30. The van der Waals surface area contributed by atoms with Gasteiger partial charge in [-0.3, -0.25) is 0 Å². The molecule has 1 fully saturated rings. The second-order valence-corrected chi connectivity index (χ2v) is 5.48. The number of hydrogen-bond donors (Lipinski definition) is 1. The van der Waals surface area contributed by atoms with Crippen molar-refractivity contribution in [2.75, 3.05) is 12.4 Å². The van der Waals surface area contributed by atoms with E-state index in [1.165, 1.54) is 12.8 Å². The number of rotatable bonds is 3. The molecule has 0 radical (unpaired) electrons. The summed E-state index contributed by atoms with van der Waals surface area (Å²) in [7, 11) is 1.76. The third-order valence-corrected chi connectivity index (χ3v) is 3.94. The number of aromatic nitrogens is 1. The molecule has 0 spiro atoms. The summed E-state index contributed by atoms with van der Waals surface area (Å²) in [6, 6.07) is 2.11. The van der Waals surface area contributed by atoms with Crippen LogP contribution in [0.15, 0.2) is 6.07 Å². The Balaban J connectivity index is 2.17. The van der Waals surface area contributed by atoms with Crippen molar-refractivity contribution in [2.24, 2.45) is 0 Å². The Labute approximate surface area is 118 Å². The van der Waals surface area contributed by atoms with Crippen molar-refractivity contribution >= 4 is 28.9 Å². The molecule has 100 valence electrons. The summed E-state index contributed by atoms with van der Waals surface area (Å²) in [5.74, 6) is 0. The number of ether oxygens (including phenoxy) is 1. The van der Waals surface area contributed by atoms with Crippen LogP contribution in [-0.4, -0.2) is 24.2 Å². The molecule has 2 unspecified atom stereocenters. The summed E-state index contributed by atoms with van der Waals surface area (Å²) < 4.78 is 5.53. The van der Waals surface area contributed by atoms with Crippen molar-refractivity contribution < 1.29 is 4.74 Å². The Morgan fingerprint density at radius 1 is 1.33 bits per heavy atom. The van der Waals surface area contributed by atoms with Crippen LogP contribution in [0.3, 0.4) is 0 Å². The van der Waals surface area contributed by atoms with Crippen LogP contribution in [0.1, 0.15) is 31.2 Å². The third kappa shape index (κ3) is 3.08. The van der Waals surface area contributed by atoms with E-state index in [2.05, 4.69) is 10.3 Å². The van der Waals surface area contributed by atoms with Crippen LogP contribution in [-0.2, 0) is 4.74 Å². The predicted octanol–water partition coefficient (Wildman–Crippen LogP) is 4.07. The van der Waals surface area contributed by atoms with E-state index in [1.807, 2.05) is 13.0 Å². The lowest BCUT2D eigenvalue weighted by Crippen LogP contribution is -2.38. The average Bonchev–Trinajstić information content (AvgIpc) is 2.34. The minimum atomic E-state index is 0.241. The highest BCUT2D eigenvalue weighted by Gasteiger charge is 2.26. The molecule has 5 heteroatoms. The molecule has 1 saturated carbocycles. The fourth-order valence-corrected chi connectivity index (χ4v) is 3.08. The zero-order valence-electron chi connectivity index (χ0n) is 10.7. The number of methoxy groups -OCH3 is 1. The quantitative estimate of drug-likeness (QED) is 0.852. The first-order chi connectivity index (χ1) is 8.61. The maximum Gasteiger partial charge on any atom is 0.154 e. The van der Waals surface area contributed by atoms with Gasteiger partial charge >= 0.3 is 0 Å². The van der Waals surface area contributed by atoms with Crippen molar-refractivity contribution in [3.05, 3.63) is 21.9 Å². The van der Waals surface area contributed by atoms with Gasteiger partial charge in [0, 0.05) is 7.11 Å².